The Morgan fingerprint density at radius 1 is 1.28 bits per heavy atom. The number of nitrogens with two attached hydrogens (primary N) is 1. The van der Waals surface area contributed by atoms with Gasteiger partial charge in [-0.2, -0.15) is 5.10 Å². The molecule has 1 saturated carbocycles. The molecule has 1 aromatic carbocycles. The molecule has 3 N–H and O–H groups in total. The molecule has 0 atom stereocenters. The van der Waals surface area contributed by atoms with Gasteiger partial charge in [-0.05, 0) is 31.4 Å². The number of hydrogen-bond acceptors (Lipinski definition) is 3. The predicted molar refractivity (Wildman–Crippen MR) is 72.2 cm³/mol. The SMILES string of the molecule is Cc1cccc(N)c1-c1n[nH]c(C2CCCC2)n1. The van der Waals surface area contributed by atoms with Crippen LogP contribution in [0, 0.1) is 6.92 Å². The van der Waals surface area contributed by atoms with E-state index in [0.717, 1.165) is 28.5 Å². The zero-order valence-corrected chi connectivity index (χ0v) is 10.6. The zero-order chi connectivity index (χ0) is 12.5. The van der Waals surface area contributed by atoms with E-state index in [1.54, 1.807) is 0 Å². The molecule has 4 heteroatoms. The fourth-order valence-corrected chi connectivity index (χ4v) is 2.76. The van der Waals surface area contributed by atoms with Crippen LogP contribution in [-0.2, 0) is 0 Å². The van der Waals surface area contributed by atoms with Crippen molar-refractivity contribution in [2.45, 2.75) is 38.5 Å². The average molecular weight is 242 g/mol. The molecule has 2 aromatic rings. The Kier molecular flexibility index (Phi) is 2.78. The number of anilines is 1. The van der Waals surface area contributed by atoms with Crippen LogP contribution in [0.4, 0.5) is 5.69 Å². The molecule has 0 saturated heterocycles. The molecule has 0 spiro atoms. The van der Waals surface area contributed by atoms with Crippen LogP contribution in [0.25, 0.3) is 11.4 Å². The van der Waals surface area contributed by atoms with Crippen molar-refractivity contribution in [2.24, 2.45) is 0 Å². The van der Waals surface area contributed by atoms with Crippen molar-refractivity contribution >= 4 is 5.69 Å². The molecule has 3 rings (SSSR count). The molecule has 0 radical (unpaired) electrons. The van der Waals surface area contributed by atoms with Gasteiger partial charge in [0.2, 0.25) is 0 Å². The lowest BCUT2D eigenvalue weighted by Gasteiger charge is -2.05. The lowest BCUT2D eigenvalue weighted by molar-refractivity contribution is 0.672. The molecule has 1 heterocycles. The average Bonchev–Trinajstić information content (AvgIpc) is 2.99. The maximum Gasteiger partial charge on any atom is 0.183 e. The van der Waals surface area contributed by atoms with E-state index in [1.165, 1.54) is 25.7 Å². The second-order valence-corrected chi connectivity index (χ2v) is 5.06. The van der Waals surface area contributed by atoms with Gasteiger partial charge in [0.25, 0.3) is 0 Å². The highest BCUT2D eigenvalue weighted by molar-refractivity contribution is 5.74. The van der Waals surface area contributed by atoms with Crippen molar-refractivity contribution in [2.75, 3.05) is 5.73 Å². The van der Waals surface area contributed by atoms with Crippen LogP contribution in [-0.4, -0.2) is 15.2 Å². The minimum Gasteiger partial charge on any atom is -0.398 e. The lowest BCUT2D eigenvalue weighted by atomic mass is 10.1. The molecule has 0 unspecified atom stereocenters. The lowest BCUT2D eigenvalue weighted by Crippen LogP contribution is -1.96. The van der Waals surface area contributed by atoms with Crippen molar-refractivity contribution in [1.82, 2.24) is 15.2 Å². The van der Waals surface area contributed by atoms with Gasteiger partial charge >= 0.3 is 0 Å². The normalized spacial score (nSPS) is 16.3. The van der Waals surface area contributed by atoms with E-state index in [2.05, 4.69) is 15.2 Å². The Morgan fingerprint density at radius 2 is 2.06 bits per heavy atom. The minimum atomic E-state index is 0.552. The van der Waals surface area contributed by atoms with Gasteiger partial charge in [-0.3, -0.25) is 5.10 Å². The minimum absolute atomic E-state index is 0.552. The number of nitrogens with one attached hydrogen (secondary N) is 1. The summed E-state index contributed by atoms with van der Waals surface area (Å²) in [6, 6.07) is 5.89. The molecule has 94 valence electrons. The Bertz CT molecular complexity index is 532. The molecule has 0 amide bonds. The first-order valence-electron chi connectivity index (χ1n) is 6.53. The molecular formula is C14H18N4. The number of aryl methyl sites for hydroxylation is 1. The molecule has 0 bridgehead atoms. The van der Waals surface area contributed by atoms with Crippen molar-refractivity contribution in [3.05, 3.63) is 29.6 Å². The van der Waals surface area contributed by atoms with Crippen molar-refractivity contribution < 1.29 is 0 Å². The van der Waals surface area contributed by atoms with Crippen molar-refractivity contribution in [3.8, 4) is 11.4 Å². The van der Waals surface area contributed by atoms with Crippen LogP contribution in [0.1, 0.15) is 43.0 Å². The summed E-state index contributed by atoms with van der Waals surface area (Å²) < 4.78 is 0. The monoisotopic (exact) mass is 242 g/mol. The number of hydrogen-bond donors (Lipinski definition) is 2. The highest BCUT2D eigenvalue weighted by Gasteiger charge is 2.21. The molecule has 1 aromatic heterocycles. The molecular weight excluding hydrogens is 224 g/mol. The first kappa shape index (κ1) is 11.3. The van der Waals surface area contributed by atoms with Gasteiger partial charge in [0.05, 0.1) is 0 Å². The van der Waals surface area contributed by atoms with E-state index in [4.69, 9.17) is 5.73 Å². The summed E-state index contributed by atoms with van der Waals surface area (Å²) in [6.07, 6.45) is 5.04. The molecule has 0 aliphatic heterocycles. The summed E-state index contributed by atoms with van der Waals surface area (Å²) in [5.74, 6) is 2.30. The fourth-order valence-electron chi connectivity index (χ4n) is 2.76. The summed E-state index contributed by atoms with van der Waals surface area (Å²) >= 11 is 0. The van der Waals surface area contributed by atoms with E-state index < -0.39 is 0 Å². The van der Waals surface area contributed by atoms with E-state index >= 15 is 0 Å². The van der Waals surface area contributed by atoms with Gasteiger partial charge in [-0.15, -0.1) is 0 Å². The first-order chi connectivity index (χ1) is 8.75. The summed E-state index contributed by atoms with van der Waals surface area (Å²) in [4.78, 5) is 4.64. The number of aromatic amines is 1. The number of nitrogen functional groups attached to an aromatic ring is 1. The molecule has 1 fully saturated rings. The third-order valence-corrected chi connectivity index (χ3v) is 3.77. The molecule has 1 aliphatic rings. The quantitative estimate of drug-likeness (QED) is 0.795. The number of aromatic nitrogens is 3. The second kappa shape index (κ2) is 4.44. The standard InChI is InChI=1S/C14H18N4/c1-9-5-4-8-11(15)12(9)14-16-13(17-18-14)10-6-2-3-7-10/h4-5,8,10H,2-3,6-7,15H2,1H3,(H,16,17,18). The largest absolute Gasteiger partial charge is 0.398 e. The third kappa shape index (κ3) is 1.88. The first-order valence-corrected chi connectivity index (χ1v) is 6.53. The Morgan fingerprint density at radius 3 is 2.78 bits per heavy atom. The third-order valence-electron chi connectivity index (χ3n) is 3.77. The van der Waals surface area contributed by atoms with Crippen molar-refractivity contribution in [1.29, 1.82) is 0 Å². The fraction of sp³-hybridized carbons (Fsp3) is 0.429. The van der Waals surface area contributed by atoms with Gasteiger partial charge in [-0.1, -0.05) is 25.0 Å². The van der Waals surface area contributed by atoms with Gasteiger partial charge in [0, 0.05) is 17.2 Å². The van der Waals surface area contributed by atoms with Crippen LogP contribution in [0.2, 0.25) is 0 Å². The van der Waals surface area contributed by atoms with Crippen molar-refractivity contribution in [3.63, 3.8) is 0 Å². The van der Waals surface area contributed by atoms with E-state index in [-0.39, 0.29) is 0 Å². The Labute approximate surface area is 107 Å². The molecule has 18 heavy (non-hydrogen) atoms. The van der Waals surface area contributed by atoms with Crippen LogP contribution >= 0.6 is 0 Å². The van der Waals surface area contributed by atoms with Gasteiger partial charge in [-0.25, -0.2) is 4.98 Å². The number of nitrogens with zero attached hydrogens (tertiary/aromatic N) is 2. The summed E-state index contributed by atoms with van der Waals surface area (Å²) in [5, 5.41) is 7.42. The van der Waals surface area contributed by atoms with Gasteiger partial charge in [0.15, 0.2) is 5.82 Å². The van der Waals surface area contributed by atoms with Gasteiger partial charge < -0.3 is 5.73 Å². The van der Waals surface area contributed by atoms with Crippen LogP contribution in [0.15, 0.2) is 18.2 Å². The maximum atomic E-state index is 6.02. The van der Waals surface area contributed by atoms with Crippen LogP contribution < -0.4 is 5.73 Å². The predicted octanol–water partition coefficient (Wildman–Crippen LogP) is 3.02. The topological polar surface area (TPSA) is 67.6 Å². The number of rotatable bonds is 2. The molecule has 4 nitrogen and oxygen atoms in total. The summed E-state index contributed by atoms with van der Waals surface area (Å²) in [5.41, 5.74) is 8.84. The highest BCUT2D eigenvalue weighted by Crippen LogP contribution is 2.33. The Balaban J connectivity index is 1.97. The smallest absolute Gasteiger partial charge is 0.183 e. The number of benzene rings is 1. The number of H-pyrrole nitrogens is 1. The van der Waals surface area contributed by atoms with Crippen LogP contribution in [0.5, 0.6) is 0 Å². The highest BCUT2D eigenvalue weighted by atomic mass is 15.2. The van der Waals surface area contributed by atoms with Gasteiger partial charge in [0.1, 0.15) is 5.82 Å². The van der Waals surface area contributed by atoms with E-state index in [9.17, 15) is 0 Å². The van der Waals surface area contributed by atoms with E-state index in [0.29, 0.717) is 5.92 Å². The van der Waals surface area contributed by atoms with E-state index in [1.807, 2.05) is 25.1 Å². The summed E-state index contributed by atoms with van der Waals surface area (Å²) in [7, 11) is 0. The second-order valence-electron chi connectivity index (χ2n) is 5.06. The maximum absolute atomic E-state index is 6.02. The van der Waals surface area contributed by atoms with Crippen LogP contribution in [0.3, 0.4) is 0 Å². The summed E-state index contributed by atoms with van der Waals surface area (Å²) in [6.45, 7) is 2.04. The Hall–Kier alpha value is -1.84. The molecule has 1 aliphatic carbocycles. The zero-order valence-electron chi connectivity index (χ0n) is 10.6.